The Labute approximate surface area is 159 Å². The second-order valence-corrected chi connectivity index (χ2v) is 8.24. The van der Waals surface area contributed by atoms with E-state index in [1.54, 1.807) is 18.3 Å². The summed E-state index contributed by atoms with van der Waals surface area (Å²) in [5, 5.41) is 0. The molecule has 1 amide bonds. The van der Waals surface area contributed by atoms with Crippen molar-refractivity contribution in [3.63, 3.8) is 0 Å². The maximum absolute atomic E-state index is 13.3. The van der Waals surface area contributed by atoms with Crippen molar-refractivity contribution in [2.75, 3.05) is 19.6 Å². The van der Waals surface area contributed by atoms with Gasteiger partial charge in [-0.25, -0.2) is 0 Å². The first-order valence-electron chi connectivity index (χ1n) is 9.93. The quantitative estimate of drug-likeness (QED) is 0.891. The van der Waals surface area contributed by atoms with Gasteiger partial charge >= 0.3 is 0 Å². The molecule has 4 saturated heterocycles. The van der Waals surface area contributed by atoms with Gasteiger partial charge in [0.25, 0.3) is 11.5 Å². The number of aryl methyl sites for hydroxylation is 1. The summed E-state index contributed by atoms with van der Waals surface area (Å²) in [5.74, 6) is 0.739. The van der Waals surface area contributed by atoms with E-state index in [2.05, 4.69) is 41.1 Å². The van der Waals surface area contributed by atoms with E-state index in [1.807, 2.05) is 4.90 Å². The number of pyridine rings is 1. The lowest BCUT2D eigenvalue weighted by molar-refractivity contribution is -0.00346. The molecule has 3 unspecified atom stereocenters. The molecule has 0 radical (unpaired) electrons. The van der Waals surface area contributed by atoms with Crippen LogP contribution < -0.4 is 5.56 Å². The summed E-state index contributed by atoms with van der Waals surface area (Å²) in [5.41, 5.74) is 2.53. The summed E-state index contributed by atoms with van der Waals surface area (Å²) in [6.07, 6.45) is 3.88. The van der Waals surface area contributed by atoms with Crippen LogP contribution in [0, 0.1) is 12.8 Å². The van der Waals surface area contributed by atoms with Crippen molar-refractivity contribution in [1.29, 1.82) is 0 Å². The summed E-state index contributed by atoms with van der Waals surface area (Å²) < 4.78 is 0. The lowest BCUT2D eigenvalue weighted by Gasteiger charge is -2.51. The Morgan fingerprint density at radius 1 is 1.07 bits per heavy atom. The van der Waals surface area contributed by atoms with Gasteiger partial charge in [-0.1, -0.05) is 29.8 Å². The molecule has 1 aromatic heterocycles. The van der Waals surface area contributed by atoms with Gasteiger partial charge in [0.05, 0.1) is 6.04 Å². The van der Waals surface area contributed by atoms with E-state index in [9.17, 15) is 9.59 Å². The first-order chi connectivity index (χ1) is 13.1. The Hall–Kier alpha value is -2.40. The van der Waals surface area contributed by atoms with Gasteiger partial charge < -0.3 is 9.88 Å². The zero-order valence-corrected chi connectivity index (χ0v) is 15.6. The lowest BCUT2D eigenvalue weighted by Crippen LogP contribution is -2.60. The summed E-state index contributed by atoms with van der Waals surface area (Å²) in [6, 6.07) is 12.7. The average molecular weight is 363 g/mol. The first kappa shape index (κ1) is 16.8. The van der Waals surface area contributed by atoms with Crippen molar-refractivity contribution >= 4 is 5.91 Å². The number of amides is 1. The van der Waals surface area contributed by atoms with E-state index in [-0.39, 0.29) is 23.1 Å². The third kappa shape index (κ3) is 2.64. The van der Waals surface area contributed by atoms with Gasteiger partial charge in [0.2, 0.25) is 0 Å². The number of nitrogens with zero attached hydrogens (tertiary/aromatic N) is 2. The fraction of sp³-hybridized carbons (Fsp3) is 0.455. The number of likely N-dealkylation sites (tertiary alicyclic amines) is 1. The molecule has 2 bridgehead atoms. The molecule has 5 nitrogen and oxygen atoms in total. The predicted molar refractivity (Wildman–Crippen MR) is 104 cm³/mol. The average Bonchev–Trinajstić information content (AvgIpc) is 3.12. The van der Waals surface area contributed by atoms with Crippen LogP contribution in [0.15, 0.2) is 47.4 Å². The molecule has 4 aliphatic rings. The van der Waals surface area contributed by atoms with Crippen LogP contribution in [0.3, 0.4) is 0 Å². The molecule has 4 aliphatic heterocycles. The number of carbonyl (C=O) groups excluding carboxylic acids is 1. The van der Waals surface area contributed by atoms with E-state index < -0.39 is 0 Å². The fourth-order valence-electron chi connectivity index (χ4n) is 5.51. The Morgan fingerprint density at radius 3 is 2.52 bits per heavy atom. The molecular weight excluding hydrogens is 338 g/mol. The van der Waals surface area contributed by atoms with E-state index >= 15 is 0 Å². The van der Waals surface area contributed by atoms with Crippen molar-refractivity contribution in [3.05, 3.63) is 69.6 Å². The molecule has 1 aromatic carbocycles. The van der Waals surface area contributed by atoms with Gasteiger partial charge in [0.1, 0.15) is 5.56 Å². The molecule has 2 aromatic rings. The van der Waals surface area contributed by atoms with Crippen LogP contribution in [0.25, 0.3) is 0 Å². The molecular formula is C22H25N3O2. The Bertz CT molecular complexity index is 912. The topological polar surface area (TPSA) is 56.4 Å². The van der Waals surface area contributed by atoms with Crippen LogP contribution in [-0.4, -0.2) is 52.4 Å². The van der Waals surface area contributed by atoms with Gasteiger partial charge in [-0.05, 0) is 56.5 Å². The number of hydrogen-bond donors (Lipinski definition) is 1. The van der Waals surface area contributed by atoms with E-state index in [0.29, 0.717) is 24.4 Å². The molecule has 0 saturated carbocycles. The Morgan fingerprint density at radius 2 is 1.81 bits per heavy atom. The maximum atomic E-state index is 13.3. The van der Waals surface area contributed by atoms with E-state index in [1.165, 1.54) is 11.1 Å². The van der Waals surface area contributed by atoms with E-state index in [0.717, 1.165) is 25.9 Å². The zero-order valence-electron chi connectivity index (χ0n) is 15.6. The monoisotopic (exact) mass is 363 g/mol. The lowest BCUT2D eigenvalue weighted by atomic mass is 9.75. The molecule has 0 aliphatic carbocycles. The second kappa shape index (κ2) is 6.34. The number of nitrogens with one attached hydrogen (secondary N) is 1. The van der Waals surface area contributed by atoms with Crippen LogP contribution in [0.2, 0.25) is 0 Å². The SMILES string of the molecule is Cc1ccc(C2CN(C(=O)c3ccc[nH]c3=O)C3C4CCN(CC4)C23)cc1. The highest BCUT2D eigenvalue weighted by Crippen LogP contribution is 2.46. The zero-order chi connectivity index (χ0) is 18.5. The second-order valence-electron chi connectivity index (χ2n) is 8.24. The van der Waals surface area contributed by atoms with Crippen molar-refractivity contribution < 1.29 is 4.79 Å². The molecule has 5 heterocycles. The molecule has 140 valence electrons. The standard InChI is InChI=1S/C22H25N3O2/c1-14-4-6-15(7-5-14)18-13-25(22(27)17-3-2-10-23-21(17)26)19-16-8-11-24(12-9-16)20(18)19/h2-7,10,16,18-20H,8-9,11-13H2,1H3,(H,23,26). The molecule has 4 fully saturated rings. The molecule has 1 N–H and O–H groups in total. The van der Waals surface area contributed by atoms with E-state index in [4.69, 9.17) is 0 Å². The number of hydrogen-bond acceptors (Lipinski definition) is 3. The largest absolute Gasteiger partial charge is 0.333 e. The van der Waals surface area contributed by atoms with Crippen molar-refractivity contribution in [2.24, 2.45) is 5.92 Å². The van der Waals surface area contributed by atoms with Gasteiger partial charge in [-0.2, -0.15) is 0 Å². The van der Waals surface area contributed by atoms with Crippen molar-refractivity contribution in [2.45, 2.75) is 37.8 Å². The number of carbonyl (C=O) groups is 1. The minimum atomic E-state index is -0.292. The number of aromatic amines is 1. The summed E-state index contributed by atoms with van der Waals surface area (Å²) in [4.78, 5) is 32.8. The van der Waals surface area contributed by atoms with Gasteiger partial charge in [-0.3, -0.25) is 14.5 Å². The van der Waals surface area contributed by atoms with Crippen LogP contribution >= 0.6 is 0 Å². The molecule has 6 rings (SSSR count). The summed E-state index contributed by atoms with van der Waals surface area (Å²) >= 11 is 0. The summed E-state index contributed by atoms with van der Waals surface area (Å²) in [7, 11) is 0. The molecule has 0 spiro atoms. The van der Waals surface area contributed by atoms with Gasteiger partial charge in [-0.15, -0.1) is 0 Å². The van der Waals surface area contributed by atoms with Crippen molar-refractivity contribution in [1.82, 2.24) is 14.8 Å². The minimum Gasteiger partial charge on any atom is -0.333 e. The number of rotatable bonds is 2. The van der Waals surface area contributed by atoms with Crippen LogP contribution in [0.5, 0.6) is 0 Å². The normalized spacial score (nSPS) is 31.7. The Balaban J connectivity index is 1.54. The van der Waals surface area contributed by atoms with Crippen LogP contribution in [-0.2, 0) is 0 Å². The predicted octanol–water partition coefficient (Wildman–Crippen LogP) is 2.39. The van der Waals surface area contributed by atoms with Gasteiger partial charge in [0, 0.05) is 24.7 Å². The van der Waals surface area contributed by atoms with Crippen molar-refractivity contribution in [3.8, 4) is 0 Å². The highest BCUT2D eigenvalue weighted by atomic mass is 16.2. The maximum Gasteiger partial charge on any atom is 0.260 e. The summed E-state index contributed by atoms with van der Waals surface area (Å²) in [6.45, 7) is 5.05. The highest BCUT2D eigenvalue weighted by molar-refractivity contribution is 5.94. The minimum absolute atomic E-state index is 0.116. The number of aromatic nitrogens is 1. The highest BCUT2D eigenvalue weighted by Gasteiger charge is 2.54. The number of piperidine rings is 3. The smallest absolute Gasteiger partial charge is 0.260 e. The molecule has 27 heavy (non-hydrogen) atoms. The number of H-pyrrole nitrogens is 1. The Kier molecular flexibility index (Phi) is 3.93. The van der Waals surface area contributed by atoms with Crippen LogP contribution in [0.4, 0.5) is 0 Å². The fourth-order valence-corrected chi connectivity index (χ4v) is 5.51. The van der Waals surface area contributed by atoms with Crippen LogP contribution in [0.1, 0.15) is 40.2 Å². The third-order valence-electron chi connectivity index (χ3n) is 6.81. The number of fused-ring (bicyclic) bond motifs is 2. The first-order valence-corrected chi connectivity index (χ1v) is 9.93. The molecule has 5 heteroatoms. The number of benzene rings is 1. The third-order valence-corrected chi connectivity index (χ3v) is 6.81. The van der Waals surface area contributed by atoms with Gasteiger partial charge in [0.15, 0.2) is 0 Å². The molecule has 3 atom stereocenters.